The third kappa shape index (κ3) is 1.93. The number of amides is 1. The van der Waals surface area contributed by atoms with Crippen molar-refractivity contribution in [1.82, 2.24) is 10.2 Å². The molecule has 1 aliphatic heterocycles. The van der Waals surface area contributed by atoms with Crippen molar-refractivity contribution >= 4 is 5.91 Å². The monoisotopic (exact) mass is 244 g/mol. The van der Waals surface area contributed by atoms with E-state index in [1.54, 1.807) is 0 Å². The summed E-state index contributed by atoms with van der Waals surface area (Å²) in [6, 6.07) is 10.7. The minimum absolute atomic E-state index is 0.196. The molecular weight excluding hydrogens is 224 g/mol. The van der Waals surface area contributed by atoms with Gasteiger partial charge in [-0.1, -0.05) is 30.3 Å². The SMILES string of the molecule is CC1CN(C(=O)C2(c3ccccc3)CC2)CCN1. The summed E-state index contributed by atoms with van der Waals surface area (Å²) < 4.78 is 0. The largest absolute Gasteiger partial charge is 0.339 e. The maximum Gasteiger partial charge on any atom is 0.233 e. The molecule has 0 spiro atoms. The first kappa shape index (κ1) is 11.7. The van der Waals surface area contributed by atoms with E-state index >= 15 is 0 Å². The van der Waals surface area contributed by atoms with Crippen molar-refractivity contribution in [2.45, 2.75) is 31.2 Å². The second-order valence-corrected chi connectivity index (χ2v) is 5.55. The Morgan fingerprint density at radius 3 is 2.67 bits per heavy atom. The molecule has 0 bridgehead atoms. The lowest BCUT2D eigenvalue weighted by molar-refractivity contribution is -0.135. The van der Waals surface area contributed by atoms with Crippen molar-refractivity contribution < 1.29 is 4.79 Å². The van der Waals surface area contributed by atoms with Gasteiger partial charge in [0.05, 0.1) is 5.41 Å². The second-order valence-electron chi connectivity index (χ2n) is 5.55. The zero-order chi connectivity index (χ0) is 12.6. The minimum Gasteiger partial charge on any atom is -0.339 e. The topological polar surface area (TPSA) is 32.3 Å². The molecule has 3 heteroatoms. The van der Waals surface area contributed by atoms with E-state index in [-0.39, 0.29) is 5.41 Å². The Kier molecular flexibility index (Phi) is 2.86. The first-order valence-electron chi connectivity index (χ1n) is 6.81. The summed E-state index contributed by atoms with van der Waals surface area (Å²) >= 11 is 0. The van der Waals surface area contributed by atoms with Crippen LogP contribution >= 0.6 is 0 Å². The number of hydrogen-bond donors (Lipinski definition) is 1. The van der Waals surface area contributed by atoms with Crippen molar-refractivity contribution in [3.05, 3.63) is 35.9 Å². The Balaban J connectivity index is 1.80. The fourth-order valence-electron chi connectivity index (χ4n) is 2.93. The van der Waals surface area contributed by atoms with Crippen LogP contribution in [0.3, 0.4) is 0 Å². The van der Waals surface area contributed by atoms with E-state index in [4.69, 9.17) is 0 Å². The number of carbonyl (C=O) groups excluding carboxylic acids is 1. The van der Waals surface area contributed by atoms with Crippen molar-refractivity contribution in [3.63, 3.8) is 0 Å². The van der Waals surface area contributed by atoms with E-state index in [1.807, 2.05) is 23.1 Å². The Hall–Kier alpha value is -1.35. The van der Waals surface area contributed by atoms with Gasteiger partial charge in [0.2, 0.25) is 5.91 Å². The average Bonchev–Trinajstić information content (AvgIpc) is 3.20. The van der Waals surface area contributed by atoms with Gasteiger partial charge < -0.3 is 10.2 Å². The summed E-state index contributed by atoms with van der Waals surface area (Å²) in [6.45, 7) is 4.74. The van der Waals surface area contributed by atoms with Crippen molar-refractivity contribution in [1.29, 1.82) is 0 Å². The quantitative estimate of drug-likeness (QED) is 0.856. The number of nitrogens with one attached hydrogen (secondary N) is 1. The predicted molar refractivity (Wildman–Crippen MR) is 71.4 cm³/mol. The van der Waals surface area contributed by atoms with Crippen LogP contribution in [-0.4, -0.2) is 36.5 Å². The summed E-state index contributed by atoms with van der Waals surface area (Å²) in [5, 5.41) is 3.38. The number of nitrogens with zero attached hydrogens (tertiary/aromatic N) is 1. The van der Waals surface area contributed by atoms with E-state index < -0.39 is 0 Å². The molecule has 3 rings (SSSR count). The molecule has 1 saturated heterocycles. The van der Waals surface area contributed by atoms with Crippen LogP contribution in [0, 0.1) is 0 Å². The summed E-state index contributed by atoms with van der Waals surface area (Å²) in [5.41, 5.74) is 0.999. The van der Waals surface area contributed by atoms with E-state index in [0.717, 1.165) is 32.5 Å². The van der Waals surface area contributed by atoms with Gasteiger partial charge >= 0.3 is 0 Å². The highest BCUT2D eigenvalue weighted by Crippen LogP contribution is 2.49. The molecule has 0 aromatic heterocycles. The van der Waals surface area contributed by atoms with Gasteiger partial charge in [-0.3, -0.25) is 4.79 Å². The van der Waals surface area contributed by atoms with Gasteiger partial charge in [0.25, 0.3) is 0 Å². The number of carbonyl (C=O) groups is 1. The molecule has 1 amide bonds. The smallest absolute Gasteiger partial charge is 0.233 e. The highest BCUT2D eigenvalue weighted by atomic mass is 16.2. The standard InChI is InChI=1S/C15H20N2O/c1-12-11-17(10-9-16-12)14(18)15(7-8-15)13-5-3-2-4-6-13/h2-6,12,16H,7-11H2,1H3. The van der Waals surface area contributed by atoms with Crippen LogP contribution in [-0.2, 0) is 10.2 Å². The summed E-state index contributed by atoms with van der Waals surface area (Å²) in [6.07, 6.45) is 2.02. The number of hydrogen-bond acceptors (Lipinski definition) is 2. The first-order chi connectivity index (χ1) is 8.72. The fourth-order valence-corrected chi connectivity index (χ4v) is 2.93. The van der Waals surface area contributed by atoms with Crippen LogP contribution in [0.15, 0.2) is 30.3 Å². The zero-order valence-electron chi connectivity index (χ0n) is 10.9. The Bertz CT molecular complexity index is 439. The van der Waals surface area contributed by atoms with Gasteiger partial charge in [-0.05, 0) is 25.3 Å². The van der Waals surface area contributed by atoms with Gasteiger partial charge in [0.1, 0.15) is 0 Å². The molecule has 1 aromatic rings. The minimum atomic E-state index is -0.196. The van der Waals surface area contributed by atoms with Crippen LogP contribution in [0.2, 0.25) is 0 Å². The summed E-state index contributed by atoms with van der Waals surface area (Å²) in [7, 11) is 0. The third-order valence-corrected chi connectivity index (χ3v) is 4.14. The predicted octanol–water partition coefficient (Wildman–Crippen LogP) is 1.54. The van der Waals surface area contributed by atoms with Crippen molar-refractivity contribution in [3.8, 4) is 0 Å². The highest BCUT2D eigenvalue weighted by Gasteiger charge is 2.53. The Labute approximate surface area is 108 Å². The van der Waals surface area contributed by atoms with Gasteiger partial charge in [0.15, 0.2) is 0 Å². The molecular formula is C15H20N2O. The molecule has 0 radical (unpaired) electrons. The van der Waals surface area contributed by atoms with Gasteiger partial charge in [-0.2, -0.15) is 0 Å². The molecule has 1 N–H and O–H groups in total. The van der Waals surface area contributed by atoms with Gasteiger partial charge in [-0.15, -0.1) is 0 Å². The number of benzene rings is 1. The molecule has 1 aliphatic carbocycles. The molecule has 1 saturated carbocycles. The number of rotatable bonds is 2. The molecule has 1 atom stereocenters. The first-order valence-corrected chi connectivity index (χ1v) is 6.81. The van der Waals surface area contributed by atoms with E-state index in [9.17, 15) is 4.79 Å². The lowest BCUT2D eigenvalue weighted by atomic mass is 9.94. The van der Waals surface area contributed by atoms with E-state index in [2.05, 4.69) is 24.4 Å². The van der Waals surface area contributed by atoms with Crippen molar-refractivity contribution in [2.75, 3.05) is 19.6 Å². The normalized spacial score (nSPS) is 25.8. The van der Waals surface area contributed by atoms with Crippen LogP contribution < -0.4 is 5.32 Å². The molecule has 18 heavy (non-hydrogen) atoms. The molecule has 2 fully saturated rings. The summed E-state index contributed by atoms with van der Waals surface area (Å²) in [5.74, 6) is 0.335. The molecule has 1 heterocycles. The van der Waals surface area contributed by atoms with Gasteiger partial charge in [0, 0.05) is 25.7 Å². The van der Waals surface area contributed by atoms with Crippen LogP contribution in [0.25, 0.3) is 0 Å². The highest BCUT2D eigenvalue weighted by molar-refractivity contribution is 5.91. The molecule has 2 aliphatic rings. The van der Waals surface area contributed by atoms with Crippen LogP contribution in [0.1, 0.15) is 25.3 Å². The van der Waals surface area contributed by atoms with Gasteiger partial charge in [-0.25, -0.2) is 0 Å². The third-order valence-electron chi connectivity index (χ3n) is 4.14. The maximum absolute atomic E-state index is 12.7. The molecule has 3 nitrogen and oxygen atoms in total. The van der Waals surface area contributed by atoms with E-state index in [0.29, 0.717) is 11.9 Å². The van der Waals surface area contributed by atoms with Crippen LogP contribution in [0.4, 0.5) is 0 Å². The molecule has 1 aromatic carbocycles. The Morgan fingerprint density at radius 1 is 1.33 bits per heavy atom. The zero-order valence-corrected chi connectivity index (χ0v) is 10.9. The second kappa shape index (κ2) is 4.39. The molecule has 1 unspecified atom stereocenters. The lowest BCUT2D eigenvalue weighted by Crippen LogP contribution is -2.53. The lowest BCUT2D eigenvalue weighted by Gasteiger charge is -2.34. The van der Waals surface area contributed by atoms with Crippen molar-refractivity contribution in [2.24, 2.45) is 0 Å². The maximum atomic E-state index is 12.7. The Morgan fingerprint density at radius 2 is 2.06 bits per heavy atom. The number of piperazine rings is 1. The van der Waals surface area contributed by atoms with E-state index in [1.165, 1.54) is 5.56 Å². The average molecular weight is 244 g/mol. The summed E-state index contributed by atoms with van der Waals surface area (Å²) in [4.78, 5) is 14.8. The molecule has 96 valence electrons. The van der Waals surface area contributed by atoms with Crippen LogP contribution in [0.5, 0.6) is 0 Å². The fraction of sp³-hybridized carbons (Fsp3) is 0.533.